The molecule has 0 bridgehead atoms. The van der Waals surface area contributed by atoms with Crippen molar-refractivity contribution in [1.82, 2.24) is 0 Å². The Kier molecular flexibility index (Phi) is 5.25. The van der Waals surface area contributed by atoms with Crippen LogP contribution in [0.15, 0.2) is 18.2 Å². The molecule has 1 aromatic carbocycles. The fourth-order valence-corrected chi connectivity index (χ4v) is 1.98. The number of anilines is 1. The van der Waals surface area contributed by atoms with Gasteiger partial charge in [0, 0.05) is 20.2 Å². The Balaban J connectivity index is 2.91. The highest BCUT2D eigenvalue weighted by Crippen LogP contribution is 2.29. The summed E-state index contributed by atoms with van der Waals surface area (Å²) in [7, 11) is 3.66. The quantitative estimate of drug-likeness (QED) is 0.881. The summed E-state index contributed by atoms with van der Waals surface area (Å²) in [6, 6.07) is 5.87. The van der Waals surface area contributed by atoms with Crippen LogP contribution in [0, 0.1) is 0 Å². The number of nitrogens with zero attached hydrogens (tertiary/aromatic N) is 1. The van der Waals surface area contributed by atoms with Gasteiger partial charge >= 0.3 is 0 Å². The van der Waals surface area contributed by atoms with Crippen molar-refractivity contribution < 1.29 is 9.84 Å². The van der Waals surface area contributed by atoms with Gasteiger partial charge in [0.05, 0.1) is 23.4 Å². The first-order valence-electron chi connectivity index (χ1n) is 5.66. The van der Waals surface area contributed by atoms with E-state index in [1.165, 1.54) is 0 Å². The molecule has 17 heavy (non-hydrogen) atoms. The van der Waals surface area contributed by atoms with Crippen molar-refractivity contribution in [2.75, 3.05) is 25.7 Å². The zero-order valence-corrected chi connectivity index (χ0v) is 11.5. The molecule has 0 saturated carbocycles. The number of halogens is 1. The van der Waals surface area contributed by atoms with Gasteiger partial charge in [-0.05, 0) is 31.5 Å². The minimum atomic E-state index is -0.497. The summed E-state index contributed by atoms with van der Waals surface area (Å²) in [4.78, 5) is 2.07. The number of aliphatic hydroxyl groups is 1. The fourth-order valence-electron chi connectivity index (χ4n) is 1.66. The van der Waals surface area contributed by atoms with Crippen molar-refractivity contribution in [3.05, 3.63) is 28.8 Å². The lowest BCUT2D eigenvalue weighted by atomic mass is 10.1. The number of hydrogen-bond donors (Lipinski definition) is 1. The Hall–Kier alpha value is -0.770. The molecule has 0 fully saturated rings. The van der Waals surface area contributed by atoms with Crippen molar-refractivity contribution in [3.8, 4) is 0 Å². The highest BCUT2D eigenvalue weighted by Gasteiger charge is 2.14. The van der Waals surface area contributed by atoms with Crippen molar-refractivity contribution in [3.63, 3.8) is 0 Å². The Morgan fingerprint density at radius 2 is 2.06 bits per heavy atom. The second-order valence-corrected chi connectivity index (χ2v) is 4.71. The molecule has 0 aliphatic rings. The lowest BCUT2D eigenvalue weighted by Gasteiger charge is -2.27. The van der Waals surface area contributed by atoms with Gasteiger partial charge in [-0.1, -0.05) is 17.7 Å². The fraction of sp³-hybridized carbons (Fsp3) is 0.538. The van der Waals surface area contributed by atoms with Crippen LogP contribution >= 0.6 is 11.6 Å². The summed E-state index contributed by atoms with van der Waals surface area (Å²) in [5.41, 5.74) is 1.77. The van der Waals surface area contributed by atoms with Crippen molar-refractivity contribution >= 4 is 17.3 Å². The lowest BCUT2D eigenvalue weighted by molar-refractivity contribution is 0.183. The maximum Gasteiger partial charge on any atom is 0.0762 e. The van der Waals surface area contributed by atoms with E-state index in [1.54, 1.807) is 20.1 Å². The molecule has 1 aromatic rings. The van der Waals surface area contributed by atoms with Gasteiger partial charge in [0.1, 0.15) is 0 Å². The molecule has 3 nitrogen and oxygen atoms in total. The van der Waals surface area contributed by atoms with Crippen LogP contribution in [0.5, 0.6) is 0 Å². The molecule has 0 aliphatic carbocycles. The van der Waals surface area contributed by atoms with Crippen LogP contribution in [-0.2, 0) is 4.74 Å². The van der Waals surface area contributed by atoms with Gasteiger partial charge in [0.15, 0.2) is 0 Å². The summed E-state index contributed by atoms with van der Waals surface area (Å²) in [6.45, 7) is 4.44. The summed E-state index contributed by atoms with van der Waals surface area (Å²) in [6.07, 6.45) is -0.497. The van der Waals surface area contributed by atoms with E-state index in [2.05, 4.69) is 11.8 Å². The number of ether oxygens (including phenoxy) is 1. The first kappa shape index (κ1) is 14.3. The molecule has 2 atom stereocenters. The number of benzene rings is 1. The lowest BCUT2D eigenvalue weighted by Crippen LogP contribution is -2.32. The average Bonchev–Trinajstić information content (AvgIpc) is 2.28. The number of rotatable bonds is 5. The van der Waals surface area contributed by atoms with Crippen molar-refractivity contribution in [2.24, 2.45) is 0 Å². The molecule has 1 rings (SSSR count). The zero-order valence-electron chi connectivity index (χ0n) is 10.8. The van der Waals surface area contributed by atoms with Gasteiger partial charge in [0.25, 0.3) is 0 Å². The smallest absolute Gasteiger partial charge is 0.0762 e. The predicted octanol–water partition coefficient (Wildman–Crippen LogP) is 2.86. The molecule has 0 aliphatic heterocycles. The molecule has 96 valence electrons. The third-order valence-electron chi connectivity index (χ3n) is 2.90. The maximum atomic E-state index is 9.48. The van der Waals surface area contributed by atoms with E-state index < -0.39 is 6.10 Å². The Morgan fingerprint density at radius 3 is 2.53 bits per heavy atom. The Bertz CT molecular complexity index is 368. The largest absolute Gasteiger partial charge is 0.389 e. The van der Waals surface area contributed by atoms with Gasteiger partial charge in [-0.15, -0.1) is 0 Å². The highest BCUT2D eigenvalue weighted by molar-refractivity contribution is 6.33. The van der Waals surface area contributed by atoms with Gasteiger partial charge in [-0.3, -0.25) is 0 Å². The first-order chi connectivity index (χ1) is 7.97. The second kappa shape index (κ2) is 6.24. The maximum absolute atomic E-state index is 9.48. The molecule has 1 unspecified atom stereocenters. The van der Waals surface area contributed by atoms with Gasteiger partial charge < -0.3 is 14.7 Å². The molecule has 0 spiro atoms. The van der Waals surface area contributed by atoms with Crippen LogP contribution in [-0.4, -0.2) is 31.9 Å². The average molecular weight is 258 g/mol. The zero-order chi connectivity index (χ0) is 13.0. The van der Waals surface area contributed by atoms with E-state index in [-0.39, 0.29) is 6.04 Å². The normalized spacial score (nSPS) is 14.5. The van der Waals surface area contributed by atoms with Crippen LogP contribution in [0.3, 0.4) is 0 Å². The SMILES string of the molecule is COCC(C)N(C)c1ccc([C@@H](C)O)cc1Cl. The molecule has 1 N–H and O–H groups in total. The Labute approximate surface area is 108 Å². The van der Waals surface area contributed by atoms with Crippen LogP contribution in [0.25, 0.3) is 0 Å². The van der Waals surface area contributed by atoms with Gasteiger partial charge in [-0.2, -0.15) is 0 Å². The molecule has 0 aromatic heterocycles. The van der Waals surface area contributed by atoms with Gasteiger partial charge in [0.2, 0.25) is 0 Å². The highest BCUT2D eigenvalue weighted by atomic mass is 35.5. The third kappa shape index (κ3) is 3.60. The molecule has 0 radical (unpaired) electrons. The number of likely N-dealkylation sites (N-methyl/N-ethyl adjacent to an activating group) is 1. The number of methoxy groups -OCH3 is 1. The summed E-state index contributed by atoms with van der Waals surface area (Å²) in [5, 5.41) is 10.1. The number of aliphatic hydroxyl groups excluding tert-OH is 1. The van der Waals surface area contributed by atoms with E-state index in [4.69, 9.17) is 16.3 Å². The predicted molar refractivity (Wildman–Crippen MR) is 71.8 cm³/mol. The third-order valence-corrected chi connectivity index (χ3v) is 3.21. The molecule has 0 amide bonds. The monoisotopic (exact) mass is 257 g/mol. The van der Waals surface area contributed by atoms with E-state index in [1.807, 2.05) is 19.2 Å². The summed E-state index contributed by atoms with van der Waals surface area (Å²) in [5.74, 6) is 0. The number of hydrogen-bond acceptors (Lipinski definition) is 3. The van der Waals surface area contributed by atoms with E-state index >= 15 is 0 Å². The molecule has 4 heteroatoms. The Morgan fingerprint density at radius 1 is 1.41 bits per heavy atom. The summed E-state index contributed by atoms with van der Waals surface area (Å²) < 4.78 is 5.12. The molecular weight excluding hydrogens is 238 g/mol. The molecule has 0 saturated heterocycles. The van der Waals surface area contributed by atoms with Crippen LogP contribution in [0.4, 0.5) is 5.69 Å². The van der Waals surface area contributed by atoms with Crippen molar-refractivity contribution in [1.29, 1.82) is 0 Å². The van der Waals surface area contributed by atoms with Crippen LogP contribution in [0.1, 0.15) is 25.5 Å². The summed E-state index contributed by atoms with van der Waals surface area (Å²) >= 11 is 6.22. The van der Waals surface area contributed by atoms with E-state index in [0.717, 1.165) is 11.3 Å². The first-order valence-corrected chi connectivity index (χ1v) is 6.04. The second-order valence-electron chi connectivity index (χ2n) is 4.30. The van der Waals surface area contributed by atoms with Crippen LogP contribution in [0.2, 0.25) is 5.02 Å². The molecule has 0 heterocycles. The molecular formula is C13H20ClNO2. The minimum absolute atomic E-state index is 0.245. The standard InChI is InChI=1S/C13H20ClNO2/c1-9(8-17-4)15(3)13-6-5-11(10(2)16)7-12(13)14/h5-7,9-10,16H,8H2,1-4H3/t9?,10-/m1/s1. The van der Waals surface area contributed by atoms with E-state index in [0.29, 0.717) is 11.6 Å². The topological polar surface area (TPSA) is 32.7 Å². The van der Waals surface area contributed by atoms with Gasteiger partial charge in [-0.25, -0.2) is 0 Å². The van der Waals surface area contributed by atoms with Crippen molar-refractivity contribution in [2.45, 2.75) is 26.0 Å². The van der Waals surface area contributed by atoms with Crippen LogP contribution < -0.4 is 4.90 Å². The van der Waals surface area contributed by atoms with E-state index in [9.17, 15) is 5.11 Å². The minimum Gasteiger partial charge on any atom is -0.389 e.